The van der Waals surface area contributed by atoms with Crippen molar-refractivity contribution in [2.75, 3.05) is 29.5 Å². The fraction of sp³-hybridized carbons (Fsp3) is 0.440. The van der Waals surface area contributed by atoms with Crippen LogP contribution in [0.4, 0.5) is 5.82 Å². The highest BCUT2D eigenvalue weighted by Gasteiger charge is 2.31. The SMILES string of the molecule is CNC(=O)c1c(-c2ccc(C)cc2)oc2nc(NS(=O)(=O)CCCCCS(C)(=O)=O)c(C3CC3)cc12. The van der Waals surface area contributed by atoms with Gasteiger partial charge in [0.05, 0.1) is 16.7 Å². The minimum atomic E-state index is -3.71. The molecule has 0 bridgehead atoms. The van der Waals surface area contributed by atoms with Gasteiger partial charge in [-0.25, -0.2) is 16.8 Å². The number of aromatic nitrogens is 1. The van der Waals surface area contributed by atoms with Crippen molar-refractivity contribution in [3.05, 3.63) is 47.0 Å². The molecule has 2 heterocycles. The molecule has 0 spiro atoms. The molecule has 1 aliphatic carbocycles. The third kappa shape index (κ3) is 6.25. The maximum atomic E-state index is 12.8. The van der Waals surface area contributed by atoms with Gasteiger partial charge >= 0.3 is 0 Å². The molecular formula is C25H31N3O6S2. The van der Waals surface area contributed by atoms with Crippen molar-refractivity contribution in [2.45, 2.75) is 44.9 Å². The summed E-state index contributed by atoms with van der Waals surface area (Å²) in [7, 11) is -5.23. The number of furan rings is 1. The lowest BCUT2D eigenvalue weighted by molar-refractivity contribution is 0.0964. The van der Waals surface area contributed by atoms with Gasteiger partial charge in [-0.2, -0.15) is 4.98 Å². The minimum Gasteiger partial charge on any atom is -0.437 e. The molecular weight excluding hydrogens is 502 g/mol. The number of carbonyl (C=O) groups is 1. The Morgan fingerprint density at radius 2 is 1.72 bits per heavy atom. The van der Waals surface area contributed by atoms with Gasteiger partial charge in [0, 0.05) is 24.6 Å². The van der Waals surface area contributed by atoms with E-state index in [2.05, 4.69) is 15.0 Å². The van der Waals surface area contributed by atoms with Crippen LogP contribution in [-0.4, -0.2) is 52.5 Å². The molecule has 1 aliphatic rings. The second-order valence-electron chi connectivity index (χ2n) is 9.42. The summed E-state index contributed by atoms with van der Waals surface area (Å²) in [4.78, 5) is 17.4. The number of hydrogen-bond donors (Lipinski definition) is 2. The Morgan fingerprint density at radius 1 is 1.06 bits per heavy atom. The standard InChI is InChI=1S/C25H31N3O6S2/c1-16-7-9-18(10-8-16)22-21(24(29)26-2)20-15-19(17-11-12-17)23(27-25(20)34-22)28-36(32,33)14-6-4-5-13-35(3,30)31/h7-10,15,17H,4-6,11-14H2,1-3H3,(H,26,29)(H,27,28). The maximum absolute atomic E-state index is 12.8. The molecule has 0 saturated heterocycles. The monoisotopic (exact) mass is 533 g/mol. The van der Waals surface area contributed by atoms with Gasteiger partial charge in [0.15, 0.2) is 0 Å². The Labute approximate surface area is 211 Å². The third-order valence-electron chi connectivity index (χ3n) is 6.18. The Morgan fingerprint density at radius 3 is 2.33 bits per heavy atom. The summed E-state index contributed by atoms with van der Waals surface area (Å²) in [5, 5.41) is 3.20. The predicted octanol–water partition coefficient (Wildman–Crippen LogP) is 4.00. The van der Waals surface area contributed by atoms with Gasteiger partial charge in [0.1, 0.15) is 21.4 Å². The lowest BCUT2D eigenvalue weighted by atomic mass is 10.0. The molecule has 4 rings (SSSR count). The molecule has 0 aliphatic heterocycles. The van der Waals surface area contributed by atoms with Crippen LogP contribution in [0.15, 0.2) is 34.7 Å². The fourth-order valence-electron chi connectivity index (χ4n) is 4.12. The highest BCUT2D eigenvalue weighted by atomic mass is 32.2. The molecule has 36 heavy (non-hydrogen) atoms. The zero-order chi connectivity index (χ0) is 26.1. The molecule has 11 heteroatoms. The van der Waals surface area contributed by atoms with Crippen LogP contribution in [0.3, 0.4) is 0 Å². The van der Waals surface area contributed by atoms with Gasteiger partial charge in [-0.15, -0.1) is 0 Å². The summed E-state index contributed by atoms with van der Waals surface area (Å²) in [6.45, 7) is 1.97. The van der Waals surface area contributed by atoms with Crippen molar-refractivity contribution in [1.29, 1.82) is 0 Å². The molecule has 0 radical (unpaired) electrons. The second kappa shape index (κ2) is 10.2. The molecule has 1 amide bonds. The Balaban J connectivity index is 1.66. The Hall–Kier alpha value is -2.92. The highest BCUT2D eigenvalue weighted by Crippen LogP contribution is 2.45. The van der Waals surface area contributed by atoms with Crippen LogP contribution in [0.5, 0.6) is 0 Å². The second-order valence-corrected chi connectivity index (χ2v) is 13.5. The fourth-order valence-corrected chi connectivity index (χ4v) is 5.99. The molecule has 194 valence electrons. The normalized spacial score (nSPS) is 14.2. The van der Waals surface area contributed by atoms with Gasteiger partial charge in [-0.1, -0.05) is 36.2 Å². The van der Waals surface area contributed by atoms with Gasteiger partial charge in [-0.3, -0.25) is 9.52 Å². The smallest absolute Gasteiger partial charge is 0.255 e. The Bertz CT molecular complexity index is 1490. The number of amides is 1. The van der Waals surface area contributed by atoms with E-state index in [-0.39, 0.29) is 34.9 Å². The molecule has 9 nitrogen and oxygen atoms in total. The first kappa shape index (κ1) is 26.2. The maximum Gasteiger partial charge on any atom is 0.255 e. The number of sulfone groups is 1. The minimum absolute atomic E-state index is 0.0417. The van der Waals surface area contributed by atoms with E-state index in [9.17, 15) is 21.6 Å². The first-order chi connectivity index (χ1) is 17.0. The van der Waals surface area contributed by atoms with Crippen LogP contribution in [0, 0.1) is 6.92 Å². The lowest BCUT2D eigenvalue weighted by Gasteiger charge is -2.11. The van der Waals surface area contributed by atoms with E-state index in [0.29, 0.717) is 36.0 Å². The largest absolute Gasteiger partial charge is 0.437 e. The van der Waals surface area contributed by atoms with E-state index in [0.717, 1.165) is 29.5 Å². The van der Waals surface area contributed by atoms with Crippen LogP contribution in [0.2, 0.25) is 0 Å². The molecule has 2 N–H and O–H groups in total. The number of rotatable bonds is 11. The van der Waals surface area contributed by atoms with Crippen LogP contribution < -0.4 is 10.0 Å². The van der Waals surface area contributed by atoms with Crippen molar-refractivity contribution in [3.8, 4) is 11.3 Å². The summed E-state index contributed by atoms with van der Waals surface area (Å²) in [5.41, 5.74) is 3.08. The number of nitrogens with one attached hydrogen (secondary N) is 2. The van der Waals surface area contributed by atoms with Crippen LogP contribution in [-0.2, 0) is 19.9 Å². The zero-order valence-electron chi connectivity index (χ0n) is 20.6. The van der Waals surface area contributed by atoms with Crippen molar-refractivity contribution in [3.63, 3.8) is 0 Å². The van der Waals surface area contributed by atoms with E-state index in [1.165, 1.54) is 6.26 Å². The highest BCUT2D eigenvalue weighted by molar-refractivity contribution is 7.92. The lowest BCUT2D eigenvalue weighted by Crippen LogP contribution is -2.19. The molecule has 1 aromatic carbocycles. The first-order valence-corrected chi connectivity index (χ1v) is 15.6. The Kier molecular flexibility index (Phi) is 7.42. The van der Waals surface area contributed by atoms with Crippen LogP contribution >= 0.6 is 0 Å². The summed E-state index contributed by atoms with van der Waals surface area (Å²) in [5.74, 6) is 0.342. The molecule has 0 unspecified atom stereocenters. The number of anilines is 1. The number of sulfonamides is 1. The molecule has 1 fully saturated rings. The number of aryl methyl sites for hydroxylation is 1. The summed E-state index contributed by atoms with van der Waals surface area (Å²) in [6.07, 6.45) is 4.23. The third-order valence-corrected chi connectivity index (χ3v) is 8.54. The van der Waals surface area contributed by atoms with Gasteiger partial charge in [-0.05, 0) is 50.2 Å². The van der Waals surface area contributed by atoms with Crippen LogP contribution in [0.25, 0.3) is 22.4 Å². The average molecular weight is 534 g/mol. The molecule has 0 atom stereocenters. The predicted molar refractivity (Wildman–Crippen MR) is 141 cm³/mol. The quantitative estimate of drug-likeness (QED) is 0.356. The molecule has 2 aromatic heterocycles. The molecule has 3 aromatic rings. The van der Waals surface area contributed by atoms with Crippen molar-refractivity contribution >= 4 is 42.7 Å². The number of carbonyl (C=O) groups excluding carboxylic acids is 1. The van der Waals surface area contributed by atoms with Gasteiger partial charge in [0.25, 0.3) is 5.91 Å². The number of hydrogen-bond acceptors (Lipinski definition) is 7. The van der Waals surface area contributed by atoms with Crippen molar-refractivity contribution < 1.29 is 26.0 Å². The number of fused-ring (bicyclic) bond motifs is 1. The van der Waals surface area contributed by atoms with E-state index < -0.39 is 19.9 Å². The van der Waals surface area contributed by atoms with Crippen molar-refractivity contribution in [2.24, 2.45) is 0 Å². The van der Waals surface area contributed by atoms with Crippen LogP contribution in [0.1, 0.15) is 59.5 Å². The van der Waals surface area contributed by atoms with E-state index in [1.807, 2.05) is 37.3 Å². The topological polar surface area (TPSA) is 135 Å². The van der Waals surface area contributed by atoms with Gasteiger partial charge < -0.3 is 9.73 Å². The number of benzene rings is 1. The van der Waals surface area contributed by atoms with E-state index in [4.69, 9.17) is 4.42 Å². The zero-order valence-corrected chi connectivity index (χ0v) is 22.3. The van der Waals surface area contributed by atoms with Crippen molar-refractivity contribution in [1.82, 2.24) is 10.3 Å². The molecule has 1 saturated carbocycles. The number of nitrogens with zero attached hydrogens (tertiary/aromatic N) is 1. The summed E-state index contributed by atoms with van der Waals surface area (Å²) < 4.78 is 56.8. The summed E-state index contributed by atoms with van der Waals surface area (Å²) >= 11 is 0. The number of unbranched alkanes of at least 4 members (excludes halogenated alkanes) is 2. The van der Waals surface area contributed by atoms with E-state index >= 15 is 0 Å². The first-order valence-electron chi connectivity index (χ1n) is 11.9. The van der Waals surface area contributed by atoms with Gasteiger partial charge in [0.2, 0.25) is 15.7 Å². The average Bonchev–Trinajstić information content (AvgIpc) is 3.58. The van der Waals surface area contributed by atoms with E-state index in [1.54, 1.807) is 7.05 Å². The summed E-state index contributed by atoms with van der Waals surface area (Å²) in [6, 6.07) is 9.41. The number of pyridine rings is 1.